The van der Waals surface area contributed by atoms with Gasteiger partial charge in [-0.1, -0.05) is 41.0 Å². The molecule has 0 fully saturated rings. The normalized spacial score (nSPS) is 17.6. The predicted molar refractivity (Wildman–Crippen MR) is 133 cm³/mol. The fourth-order valence-corrected chi connectivity index (χ4v) is 3.08. The van der Waals surface area contributed by atoms with Gasteiger partial charge < -0.3 is 28.4 Å². The first-order chi connectivity index (χ1) is 16.1. The highest BCUT2D eigenvalue weighted by atomic mass is 17.3. The Morgan fingerprint density at radius 2 is 1.50 bits per heavy atom. The minimum atomic E-state index is -1.52. The zero-order chi connectivity index (χ0) is 26.0. The summed E-state index contributed by atoms with van der Waals surface area (Å²) in [5.74, 6) is -2.40. The molecule has 34 heavy (non-hydrogen) atoms. The van der Waals surface area contributed by atoms with Gasteiger partial charge in [-0.3, -0.25) is 0 Å². The fourth-order valence-electron chi connectivity index (χ4n) is 3.08. The molecule has 0 aliphatic carbocycles. The van der Waals surface area contributed by atoms with Crippen LogP contribution in [0, 0.1) is 5.92 Å². The standard InChI is InChI=1S/C26H54O8/c1-11-15-19-29-25(32-22(7)8,31-20-21(5)6)17-16-24(27-10)26(28-14-4,30-18-12-2)34-33-23(9)13-3/h21-24H,11-20H2,1-10H3. The van der Waals surface area contributed by atoms with Gasteiger partial charge in [-0.25, -0.2) is 4.89 Å². The lowest BCUT2D eigenvalue weighted by Crippen LogP contribution is -2.53. The van der Waals surface area contributed by atoms with Crippen molar-refractivity contribution in [3.8, 4) is 0 Å². The topological polar surface area (TPSA) is 73.8 Å². The van der Waals surface area contributed by atoms with Crippen molar-refractivity contribution < 1.29 is 38.2 Å². The number of rotatable bonds is 23. The second-order valence-corrected chi connectivity index (χ2v) is 9.30. The number of ether oxygens (including phenoxy) is 6. The van der Waals surface area contributed by atoms with Crippen molar-refractivity contribution >= 4 is 0 Å². The van der Waals surface area contributed by atoms with E-state index in [1.807, 2.05) is 41.5 Å². The first-order valence-corrected chi connectivity index (χ1v) is 13.2. The molecule has 0 aliphatic rings. The molecule has 0 bridgehead atoms. The van der Waals surface area contributed by atoms with E-state index in [1.54, 1.807) is 7.11 Å². The third-order valence-corrected chi connectivity index (χ3v) is 5.02. The molecule has 0 amide bonds. The molecular weight excluding hydrogens is 440 g/mol. The van der Waals surface area contributed by atoms with E-state index in [0.29, 0.717) is 45.2 Å². The lowest BCUT2D eigenvalue weighted by Gasteiger charge is -2.40. The largest absolute Gasteiger partial charge is 0.373 e. The van der Waals surface area contributed by atoms with Crippen molar-refractivity contribution in [3.63, 3.8) is 0 Å². The summed E-state index contributed by atoms with van der Waals surface area (Å²) in [5, 5.41) is 0. The van der Waals surface area contributed by atoms with E-state index in [-0.39, 0.29) is 12.2 Å². The molecule has 0 aromatic heterocycles. The van der Waals surface area contributed by atoms with Crippen LogP contribution in [0.1, 0.15) is 101 Å². The third-order valence-electron chi connectivity index (χ3n) is 5.02. The van der Waals surface area contributed by atoms with Crippen LogP contribution in [-0.4, -0.2) is 63.8 Å². The lowest BCUT2D eigenvalue weighted by atomic mass is 10.1. The van der Waals surface area contributed by atoms with Crippen LogP contribution >= 0.6 is 0 Å². The summed E-state index contributed by atoms with van der Waals surface area (Å²) in [6.07, 6.45) is 3.50. The number of unbranched alkanes of at least 4 members (excludes halogenated alkanes) is 1. The highest BCUT2D eigenvalue weighted by Crippen LogP contribution is 2.33. The quantitative estimate of drug-likeness (QED) is 0.0718. The van der Waals surface area contributed by atoms with Gasteiger partial charge in [0.15, 0.2) is 0 Å². The molecule has 0 aromatic rings. The van der Waals surface area contributed by atoms with Crippen LogP contribution in [0.25, 0.3) is 0 Å². The fraction of sp³-hybridized carbons (Fsp3) is 1.00. The van der Waals surface area contributed by atoms with E-state index in [9.17, 15) is 0 Å². The van der Waals surface area contributed by atoms with Gasteiger partial charge in [0.25, 0.3) is 5.97 Å². The van der Waals surface area contributed by atoms with Crippen molar-refractivity contribution in [3.05, 3.63) is 0 Å². The average Bonchev–Trinajstić information content (AvgIpc) is 2.79. The van der Waals surface area contributed by atoms with Gasteiger partial charge >= 0.3 is 5.97 Å². The van der Waals surface area contributed by atoms with Gasteiger partial charge in [-0.2, -0.15) is 4.89 Å². The van der Waals surface area contributed by atoms with Gasteiger partial charge in [0.2, 0.25) is 0 Å². The minimum Gasteiger partial charge on any atom is -0.373 e. The Hall–Kier alpha value is -0.320. The predicted octanol–water partition coefficient (Wildman–Crippen LogP) is 6.21. The van der Waals surface area contributed by atoms with Gasteiger partial charge in [-0.15, -0.1) is 0 Å². The van der Waals surface area contributed by atoms with E-state index < -0.39 is 18.1 Å². The summed E-state index contributed by atoms with van der Waals surface area (Å²) in [6.45, 7) is 20.0. The first-order valence-electron chi connectivity index (χ1n) is 13.2. The van der Waals surface area contributed by atoms with Gasteiger partial charge in [0.1, 0.15) is 6.10 Å². The zero-order valence-corrected chi connectivity index (χ0v) is 23.6. The zero-order valence-electron chi connectivity index (χ0n) is 23.6. The van der Waals surface area contributed by atoms with E-state index in [2.05, 4.69) is 20.8 Å². The van der Waals surface area contributed by atoms with Gasteiger partial charge in [-0.05, 0) is 59.3 Å². The molecule has 0 aliphatic heterocycles. The molecule has 0 radical (unpaired) electrons. The van der Waals surface area contributed by atoms with Crippen LogP contribution in [0.2, 0.25) is 0 Å². The van der Waals surface area contributed by atoms with Crippen LogP contribution in [-0.2, 0) is 38.2 Å². The highest BCUT2D eigenvalue weighted by Gasteiger charge is 2.47. The Morgan fingerprint density at radius 1 is 0.794 bits per heavy atom. The van der Waals surface area contributed by atoms with Crippen LogP contribution in [0.15, 0.2) is 0 Å². The molecule has 4 unspecified atom stereocenters. The smallest absolute Gasteiger partial charge is 0.339 e. The summed E-state index contributed by atoms with van der Waals surface area (Å²) in [7, 11) is 1.61. The molecule has 0 aromatic carbocycles. The molecule has 8 heteroatoms. The lowest BCUT2D eigenvalue weighted by molar-refractivity contribution is -0.536. The van der Waals surface area contributed by atoms with Crippen LogP contribution in [0.4, 0.5) is 0 Å². The van der Waals surface area contributed by atoms with Gasteiger partial charge in [0.05, 0.1) is 32.0 Å². The monoisotopic (exact) mass is 494 g/mol. The van der Waals surface area contributed by atoms with E-state index in [4.69, 9.17) is 38.2 Å². The maximum Gasteiger partial charge on any atom is 0.339 e. The average molecular weight is 495 g/mol. The second kappa shape index (κ2) is 18.9. The highest BCUT2D eigenvalue weighted by molar-refractivity contribution is 4.75. The van der Waals surface area contributed by atoms with Crippen molar-refractivity contribution in [2.75, 3.05) is 33.5 Å². The molecule has 0 saturated heterocycles. The first kappa shape index (κ1) is 33.7. The summed E-state index contributed by atoms with van der Waals surface area (Å²) >= 11 is 0. The molecule has 0 heterocycles. The molecule has 206 valence electrons. The van der Waals surface area contributed by atoms with Crippen molar-refractivity contribution in [1.29, 1.82) is 0 Å². The SMILES string of the molecule is CCCCOC(CCC(OC)C(OCC)(OCCC)OOC(C)CC)(OCC(C)C)OC(C)C. The number of methoxy groups -OCH3 is 1. The Labute approximate surface area is 209 Å². The molecule has 0 spiro atoms. The molecule has 4 atom stereocenters. The summed E-state index contributed by atoms with van der Waals surface area (Å²) < 4.78 is 36.7. The Kier molecular flexibility index (Phi) is 18.7. The molecule has 0 rings (SSSR count). The summed E-state index contributed by atoms with van der Waals surface area (Å²) in [6, 6.07) is 0. The van der Waals surface area contributed by atoms with Crippen molar-refractivity contribution in [2.24, 2.45) is 5.92 Å². The van der Waals surface area contributed by atoms with Crippen molar-refractivity contribution in [1.82, 2.24) is 0 Å². The second-order valence-electron chi connectivity index (χ2n) is 9.30. The van der Waals surface area contributed by atoms with E-state index in [0.717, 1.165) is 25.7 Å². The minimum absolute atomic E-state index is 0.0900. The van der Waals surface area contributed by atoms with Crippen molar-refractivity contribution in [2.45, 2.75) is 131 Å². The Morgan fingerprint density at radius 3 is 2.00 bits per heavy atom. The maximum absolute atomic E-state index is 6.26. The van der Waals surface area contributed by atoms with Crippen LogP contribution < -0.4 is 0 Å². The van der Waals surface area contributed by atoms with Gasteiger partial charge in [0, 0.05) is 20.1 Å². The van der Waals surface area contributed by atoms with E-state index >= 15 is 0 Å². The molecule has 8 nitrogen and oxygen atoms in total. The Bertz CT molecular complexity index is 476. The molecular formula is C26H54O8. The number of hydrogen-bond acceptors (Lipinski definition) is 8. The summed E-state index contributed by atoms with van der Waals surface area (Å²) in [5.41, 5.74) is 0. The van der Waals surface area contributed by atoms with Crippen LogP contribution in [0.3, 0.4) is 0 Å². The Balaban J connectivity index is 5.88. The molecule has 0 N–H and O–H groups in total. The maximum atomic E-state index is 6.26. The third kappa shape index (κ3) is 13.1. The summed E-state index contributed by atoms with van der Waals surface area (Å²) in [4.78, 5) is 11.4. The van der Waals surface area contributed by atoms with Crippen LogP contribution in [0.5, 0.6) is 0 Å². The van der Waals surface area contributed by atoms with E-state index in [1.165, 1.54) is 0 Å². The molecule has 0 saturated carbocycles. The number of hydrogen-bond donors (Lipinski definition) is 0.